The zero-order valence-corrected chi connectivity index (χ0v) is 12.9. The molecule has 0 spiro atoms. The molecular formula is C15H14ClN5O2. The summed E-state index contributed by atoms with van der Waals surface area (Å²) in [7, 11) is 0. The van der Waals surface area contributed by atoms with Crippen molar-refractivity contribution in [1.82, 2.24) is 19.7 Å². The Morgan fingerprint density at radius 3 is 2.78 bits per heavy atom. The third kappa shape index (κ3) is 3.40. The molecule has 0 aliphatic heterocycles. The number of aliphatic carboxylic acids is 1. The second kappa shape index (κ2) is 6.62. The minimum Gasteiger partial charge on any atom is -0.481 e. The average molecular weight is 332 g/mol. The summed E-state index contributed by atoms with van der Waals surface area (Å²) in [5, 5.41) is 17.6. The number of carbonyl (C=O) groups is 1. The van der Waals surface area contributed by atoms with Gasteiger partial charge < -0.3 is 10.4 Å². The van der Waals surface area contributed by atoms with Gasteiger partial charge in [0.15, 0.2) is 5.65 Å². The van der Waals surface area contributed by atoms with Crippen LogP contribution in [0.1, 0.15) is 12.8 Å². The summed E-state index contributed by atoms with van der Waals surface area (Å²) in [5.41, 5.74) is 1.52. The first-order valence-electron chi connectivity index (χ1n) is 7.05. The van der Waals surface area contributed by atoms with Gasteiger partial charge in [-0.2, -0.15) is 5.10 Å². The van der Waals surface area contributed by atoms with Crippen LogP contribution < -0.4 is 5.32 Å². The Bertz CT molecular complexity index is 832. The van der Waals surface area contributed by atoms with E-state index in [1.807, 2.05) is 12.1 Å². The fourth-order valence-corrected chi connectivity index (χ4v) is 2.33. The van der Waals surface area contributed by atoms with Crippen LogP contribution in [0.15, 0.2) is 36.8 Å². The van der Waals surface area contributed by atoms with Crippen molar-refractivity contribution in [3.8, 4) is 5.69 Å². The smallest absolute Gasteiger partial charge is 0.303 e. The highest BCUT2D eigenvalue weighted by molar-refractivity contribution is 6.30. The van der Waals surface area contributed by atoms with Gasteiger partial charge in [-0.15, -0.1) is 0 Å². The van der Waals surface area contributed by atoms with Crippen LogP contribution in [0.5, 0.6) is 0 Å². The molecule has 3 aromatic rings. The Kier molecular flexibility index (Phi) is 4.38. The van der Waals surface area contributed by atoms with Crippen LogP contribution in [-0.4, -0.2) is 37.4 Å². The number of carboxylic acid groups (broad SMARTS) is 1. The molecule has 2 heterocycles. The maximum Gasteiger partial charge on any atom is 0.303 e. The Balaban J connectivity index is 1.85. The lowest BCUT2D eigenvalue weighted by atomic mass is 10.3. The quantitative estimate of drug-likeness (QED) is 0.675. The third-order valence-corrected chi connectivity index (χ3v) is 3.55. The summed E-state index contributed by atoms with van der Waals surface area (Å²) in [6, 6.07) is 7.29. The van der Waals surface area contributed by atoms with Crippen molar-refractivity contribution in [3.05, 3.63) is 41.8 Å². The molecule has 0 unspecified atom stereocenters. The molecule has 8 heteroatoms. The largest absolute Gasteiger partial charge is 0.481 e. The minimum atomic E-state index is -0.810. The molecule has 23 heavy (non-hydrogen) atoms. The van der Waals surface area contributed by atoms with Crippen LogP contribution in [0.2, 0.25) is 5.02 Å². The van der Waals surface area contributed by atoms with Crippen LogP contribution in [-0.2, 0) is 4.79 Å². The van der Waals surface area contributed by atoms with Gasteiger partial charge in [0.2, 0.25) is 0 Å². The number of rotatable bonds is 6. The van der Waals surface area contributed by atoms with Gasteiger partial charge in [-0.05, 0) is 30.7 Å². The van der Waals surface area contributed by atoms with E-state index < -0.39 is 5.97 Å². The lowest BCUT2D eigenvalue weighted by Crippen LogP contribution is -2.06. The molecule has 0 aliphatic carbocycles. The SMILES string of the molecule is O=C(O)CCCNc1ncnc2c1cnn2-c1ccc(Cl)cc1. The predicted octanol–water partition coefficient (Wildman–Crippen LogP) is 2.75. The molecule has 0 aliphatic rings. The summed E-state index contributed by atoms with van der Waals surface area (Å²) in [6.07, 6.45) is 3.77. The number of fused-ring (bicyclic) bond motifs is 1. The molecular weight excluding hydrogens is 318 g/mol. The molecule has 3 rings (SSSR count). The van der Waals surface area contributed by atoms with Gasteiger partial charge in [0, 0.05) is 18.0 Å². The second-order valence-corrected chi connectivity index (χ2v) is 5.35. The van der Waals surface area contributed by atoms with E-state index in [9.17, 15) is 4.79 Å². The fraction of sp³-hybridized carbons (Fsp3) is 0.200. The lowest BCUT2D eigenvalue weighted by molar-refractivity contribution is -0.137. The summed E-state index contributed by atoms with van der Waals surface area (Å²) in [4.78, 5) is 19.0. The highest BCUT2D eigenvalue weighted by atomic mass is 35.5. The summed E-state index contributed by atoms with van der Waals surface area (Å²) in [6.45, 7) is 0.518. The van der Waals surface area contributed by atoms with Crippen LogP contribution >= 0.6 is 11.6 Å². The van der Waals surface area contributed by atoms with Crippen molar-refractivity contribution in [2.45, 2.75) is 12.8 Å². The van der Waals surface area contributed by atoms with Gasteiger partial charge in [-0.3, -0.25) is 4.79 Å². The maximum absolute atomic E-state index is 10.5. The van der Waals surface area contributed by atoms with Crippen LogP contribution in [0.25, 0.3) is 16.7 Å². The molecule has 2 N–H and O–H groups in total. The van der Waals surface area contributed by atoms with E-state index in [0.717, 1.165) is 11.1 Å². The molecule has 0 saturated carbocycles. The minimum absolute atomic E-state index is 0.116. The van der Waals surface area contributed by atoms with Crippen molar-refractivity contribution in [2.24, 2.45) is 0 Å². The van der Waals surface area contributed by atoms with Gasteiger partial charge in [0.05, 0.1) is 17.3 Å². The summed E-state index contributed by atoms with van der Waals surface area (Å²) < 4.78 is 1.70. The molecule has 0 amide bonds. The van der Waals surface area contributed by atoms with Crippen molar-refractivity contribution >= 4 is 34.4 Å². The lowest BCUT2D eigenvalue weighted by Gasteiger charge is -2.06. The number of nitrogens with zero attached hydrogens (tertiary/aromatic N) is 4. The zero-order valence-electron chi connectivity index (χ0n) is 12.1. The standard InChI is InChI=1S/C15H14ClN5O2/c16-10-3-5-11(6-4-10)21-15-12(8-20-21)14(18-9-19-15)17-7-1-2-13(22)23/h3-6,8-9H,1-2,7H2,(H,22,23)(H,17,18,19). The number of hydrogen-bond donors (Lipinski definition) is 2. The molecule has 0 fully saturated rings. The van der Waals surface area contributed by atoms with Crippen molar-refractivity contribution in [2.75, 3.05) is 11.9 Å². The molecule has 0 atom stereocenters. The molecule has 7 nitrogen and oxygen atoms in total. The number of halogens is 1. The second-order valence-electron chi connectivity index (χ2n) is 4.92. The molecule has 0 saturated heterocycles. The zero-order chi connectivity index (χ0) is 16.2. The van der Waals surface area contributed by atoms with Crippen molar-refractivity contribution < 1.29 is 9.90 Å². The predicted molar refractivity (Wildman–Crippen MR) is 87.0 cm³/mol. The van der Waals surface area contributed by atoms with Gasteiger partial charge in [-0.25, -0.2) is 14.6 Å². The van der Waals surface area contributed by atoms with Gasteiger partial charge >= 0.3 is 5.97 Å². The summed E-state index contributed by atoms with van der Waals surface area (Å²) >= 11 is 5.90. The first-order valence-corrected chi connectivity index (χ1v) is 7.43. The number of anilines is 1. The van der Waals surface area contributed by atoms with Crippen LogP contribution in [0.3, 0.4) is 0 Å². The first kappa shape index (κ1) is 15.2. The van der Waals surface area contributed by atoms with Crippen molar-refractivity contribution in [1.29, 1.82) is 0 Å². The van der Waals surface area contributed by atoms with E-state index in [2.05, 4.69) is 20.4 Å². The van der Waals surface area contributed by atoms with Gasteiger partial charge in [0.25, 0.3) is 0 Å². The monoisotopic (exact) mass is 331 g/mol. The number of carboxylic acids is 1. The highest BCUT2D eigenvalue weighted by Gasteiger charge is 2.11. The maximum atomic E-state index is 10.5. The van der Waals surface area contributed by atoms with Crippen molar-refractivity contribution in [3.63, 3.8) is 0 Å². The number of aromatic nitrogens is 4. The van der Waals surface area contributed by atoms with E-state index in [-0.39, 0.29) is 6.42 Å². The van der Waals surface area contributed by atoms with E-state index in [4.69, 9.17) is 16.7 Å². The molecule has 1 aromatic carbocycles. The van der Waals surface area contributed by atoms with Gasteiger partial charge in [0.1, 0.15) is 12.1 Å². The first-order chi connectivity index (χ1) is 11.1. The third-order valence-electron chi connectivity index (χ3n) is 3.30. The summed E-state index contributed by atoms with van der Waals surface area (Å²) in [5.74, 6) is -0.171. The highest BCUT2D eigenvalue weighted by Crippen LogP contribution is 2.22. The molecule has 2 aromatic heterocycles. The Morgan fingerprint density at radius 2 is 2.04 bits per heavy atom. The Labute approximate surface area is 136 Å². The van der Waals surface area contributed by atoms with E-state index in [1.54, 1.807) is 23.0 Å². The van der Waals surface area contributed by atoms with E-state index in [1.165, 1.54) is 6.33 Å². The molecule has 0 radical (unpaired) electrons. The van der Waals surface area contributed by atoms with E-state index >= 15 is 0 Å². The Hall–Kier alpha value is -2.67. The van der Waals surface area contributed by atoms with Gasteiger partial charge in [-0.1, -0.05) is 11.6 Å². The average Bonchev–Trinajstić information content (AvgIpc) is 2.97. The number of benzene rings is 1. The molecule has 0 bridgehead atoms. The number of hydrogen-bond acceptors (Lipinski definition) is 5. The fourth-order valence-electron chi connectivity index (χ4n) is 2.20. The number of nitrogens with one attached hydrogen (secondary N) is 1. The van der Waals surface area contributed by atoms with Crippen LogP contribution in [0.4, 0.5) is 5.82 Å². The Morgan fingerprint density at radius 1 is 1.26 bits per heavy atom. The van der Waals surface area contributed by atoms with E-state index in [0.29, 0.717) is 29.5 Å². The normalized spacial score (nSPS) is 10.8. The topological polar surface area (TPSA) is 92.9 Å². The molecule has 118 valence electrons. The van der Waals surface area contributed by atoms with Crippen LogP contribution in [0, 0.1) is 0 Å².